The number of fused-ring (bicyclic) bond motifs is 3. The Morgan fingerprint density at radius 1 is 1.00 bits per heavy atom. The molecule has 1 aliphatic rings. The molecule has 3 N–H and O–H groups in total. The highest BCUT2D eigenvalue weighted by atomic mass is 35.5. The minimum absolute atomic E-state index is 0.0244. The maximum Gasteiger partial charge on any atom is 0.251 e. The van der Waals surface area contributed by atoms with Gasteiger partial charge in [-0.2, -0.15) is 0 Å². The van der Waals surface area contributed by atoms with E-state index in [0.717, 1.165) is 22.0 Å². The van der Waals surface area contributed by atoms with Gasteiger partial charge in [-0.05, 0) is 67.7 Å². The van der Waals surface area contributed by atoms with Gasteiger partial charge in [0.25, 0.3) is 5.91 Å². The number of carbonyl (C=O) groups is 2. The molecule has 5 rings (SSSR count). The molecule has 1 aromatic heterocycles. The van der Waals surface area contributed by atoms with Crippen LogP contribution in [0.25, 0.3) is 5.69 Å². The topological polar surface area (TPSA) is 131 Å². The summed E-state index contributed by atoms with van der Waals surface area (Å²) in [5, 5.41) is 15.9. The van der Waals surface area contributed by atoms with Gasteiger partial charge in [-0.3, -0.25) is 19.1 Å². The summed E-state index contributed by atoms with van der Waals surface area (Å²) in [5.74, 6) is 1.39. The molecule has 0 bridgehead atoms. The molecule has 0 unspecified atom stereocenters. The first-order valence-corrected chi connectivity index (χ1v) is 17.2. The van der Waals surface area contributed by atoms with E-state index in [2.05, 4.69) is 20.8 Å². The van der Waals surface area contributed by atoms with Gasteiger partial charge in [-0.1, -0.05) is 35.9 Å². The van der Waals surface area contributed by atoms with Crippen LogP contribution in [0.15, 0.2) is 71.7 Å². The first kappa shape index (κ1) is 30.1. The van der Waals surface area contributed by atoms with Gasteiger partial charge in [0.2, 0.25) is 14.2 Å². The maximum atomic E-state index is 13.1. The van der Waals surface area contributed by atoms with E-state index in [1.807, 2.05) is 54.9 Å². The van der Waals surface area contributed by atoms with Crippen LogP contribution in [-0.2, 0) is 4.79 Å². The van der Waals surface area contributed by atoms with Crippen LogP contribution in [0.2, 0.25) is 18.1 Å². The van der Waals surface area contributed by atoms with E-state index in [1.54, 1.807) is 43.5 Å². The van der Waals surface area contributed by atoms with Gasteiger partial charge in [-0.15, -0.1) is 10.2 Å². The zero-order valence-corrected chi connectivity index (χ0v) is 26.1. The van der Waals surface area contributed by atoms with Crippen molar-refractivity contribution < 1.29 is 19.1 Å². The number of aromatic nitrogens is 3. The average Bonchev–Trinajstić information content (AvgIpc) is 3.31. The maximum absolute atomic E-state index is 13.1. The zero-order chi connectivity index (χ0) is 30.7. The van der Waals surface area contributed by atoms with Gasteiger partial charge in [0.05, 0.1) is 24.9 Å². The van der Waals surface area contributed by atoms with Gasteiger partial charge in [0.15, 0.2) is 5.82 Å². The molecule has 43 heavy (non-hydrogen) atoms. The van der Waals surface area contributed by atoms with Crippen LogP contribution in [0.5, 0.6) is 5.75 Å². The molecule has 1 aliphatic heterocycles. The van der Waals surface area contributed by atoms with Crippen LogP contribution >= 0.6 is 11.6 Å². The van der Waals surface area contributed by atoms with Crippen LogP contribution in [0, 0.1) is 6.92 Å². The summed E-state index contributed by atoms with van der Waals surface area (Å²) in [6, 6.07) is 19.4. The fourth-order valence-corrected chi connectivity index (χ4v) is 6.04. The zero-order valence-electron chi connectivity index (χ0n) is 24.4. The van der Waals surface area contributed by atoms with Crippen molar-refractivity contribution in [1.29, 1.82) is 0 Å². The van der Waals surface area contributed by atoms with Gasteiger partial charge < -0.3 is 20.2 Å². The van der Waals surface area contributed by atoms with Crippen molar-refractivity contribution >= 4 is 42.6 Å². The number of hydrogen-bond acceptors (Lipinski definition) is 7. The molecule has 0 saturated carbocycles. The van der Waals surface area contributed by atoms with Crippen LogP contribution in [0.3, 0.4) is 0 Å². The molecule has 12 heteroatoms. The fourth-order valence-electron chi connectivity index (χ4n) is 4.93. The fraction of sp³-hybridized carbons (Fsp3) is 0.258. The lowest BCUT2D eigenvalue weighted by molar-refractivity contribution is -0.121. The number of rotatable bonds is 9. The van der Waals surface area contributed by atoms with E-state index in [1.165, 1.54) is 0 Å². The molecule has 2 heterocycles. The molecule has 3 aromatic carbocycles. The summed E-state index contributed by atoms with van der Waals surface area (Å²) in [6.07, 6.45) is 0.0244. The van der Waals surface area contributed by atoms with Crippen molar-refractivity contribution in [3.05, 3.63) is 100 Å². The lowest BCUT2D eigenvalue weighted by atomic mass is 10.00. The van der Waals surface area contributed by atoms with Crippen molar-refractivity contribution in [2.24, 2.45) is 4.99 Å². The Morgan fingerprint density at radius 3 is 2.37 bits per heavy atom. The highest BCUT2D eigenvalue weighted by Crippen LogP contribution is 2.34. The third-order valence-corrected chi connectivity index (χ3v) is 9.21. The lowest BCUT2D eigenvalue weighted by Gasteiger charge is -2.15. The van der Waals surface area contributed by atoms with Crippen molar-refractivity contribution in [3.8, 4) is 11.4 Å². The second kappa shape index (κ2) is 12.5. The molecule has 1 atom stereocenters. The first-order valence-electron chi connectivity index (χ1n) is 13.9. The molecule has 0 aliphatic carbocycles. The Hall–Kier alpha value is -4.32. The molecule has 222 valence electrons. The van der Waals surface area contributed by atoms with E-state index in [9.17, 15) is 14.4 Å². The van der Waals surface area contributed by atoms with Crippen LogP contribution < -0.4 is 20.6 Å². The highest BCUT2D eigenvalue weighted by molar-refractivity contribution is 6.83. The predicted molar refractivity (Wildman–Crippen MR) is 168 cm³/mol. The number of carbonyl (C=O) groups excluding carboxylic acids is 2. The minimum Gasteiger partial charge on any atom is -0.497 e. The Morgan fingerprint density at radius 2 is 1.70 bits per heavy atom. The molecule has 0 fully saturated rings. The first-order chi connectivity index (χ1) is 20.5. The van der Waals surface area contributed by atoms with Crippen LogP contribution in [-0.4, -0.2) is 65.6 Å². The predicted octanol–water partition coefficient (Wildman–Crippen LogP) is 3.47. The molecule has 10 nitrogen and oxygen atoms in total. The number of ether oxygens (including phenoxy) is 1. The molecule has 4 aromatic rings. The molecule has 0 spiro atoms. The number of nitrogens with one attached hydrogen (secondary N) is 2. The van der Waals surface area contributed by atoms with E-state index >= 15 is 0 Å². The number of aryl methyl sites for hydroxylation is 1. The second-order valence-electron chi connectivity index (χ2n) is 10.8. The van der Waals surface area contributed by atoms with Gasteiger partial charge >= 0.3 is 0 Å². The van der Waals surface area contributed by atoms with E-state index in [0.29, 0.717) is 33.7 Å². The summed E-state index contributed by atoms with van der Waals surface area (Å²) in [7, 11) is -0.827. The van der Waals surface area contributed by atoms with Crippen molar-refractivity contribution in [2.75, 3.05) is 20.2 Å². The van der Waals surface area contributed by atoms with Crippen LogP contribution in [0.1, 0.15) is 45.6 Å². The van der Waals surface area contributed by atoms with Gasteiger partial charge in [0.1, 0.15) is 17.6 Å². The Labute approximate surface area is 255 Å². The number of halogens is 1. The second-order valence-corrected chi connectivity index (χ2v) is 14.9. The third kappa shape index (κ3) is 6.69. The summed E-state index contributed by atoms with van der Waals surface area (Å²) < 4.78 is 7.44. The number of methoxy groups -OCH3 is 1. The molecular formula is C31H33ClN6O4Si. The van der Waals surface area contributed by atoms with Gasteiger partial charge in [-0.25, -0.2) is 0 Å². The lowest BCUT2D eigenvalue weighted by Crippen LogP contribution is -2.41. The van der Waals surface area contributed by atoms with E-state index in [4.69, 9.17) is 21.3 Å². The number of nitrogens with zero attached hydrogens (tertiary/aromatic N) is 4. The van der Waals surface area contributed by atoms with Crippen molar-refractivity contribution in [3.63, 3.8) is 0 Å². The SMILES string of the molecule is COc1ccc2c(c1)C(c1ccc(Cl)cc1)=N[C@@H](CC(=O)NCCNC(=O)c1ccc([Si](C)(C)O)cc1)c1nnc(C)n1-2. The summed E-state index contributed by atoms with van der Waals surface area (Å²) in [6.45, 7) is 5.99. The normalized spacial score (nSPS) is 14.2. The number of benzene rings is 3. The quantitative estimate of drug-likeness (QED) is 0.195. The minimum atomic E-state index is -2.44. The Bertz CT molecular complexity index is 1680. The van der Waals surface area contributed by atoms with Crippen LogP contribution in [0.4, 0.5) is 0 Å². The smallest absolute Gasteiger partial charge is 0.251 e. The van der Waals surface area contributed by atoms with E-state index in [-0.39, 0.29) is 31.3 Å². The van der Waals surface area contributed by atoms with Gasteiger partial charge in [0, 0.05) is 34.8 Å². The summed E-state index contributed by atoms with van der Waals surface area (Å²) in [4.78, 5) is 41.0. The molecule has 2 amide bonds. The molecule has 0 radical (unpaired) electrons. The third-order valence-electron chi connectivity index (χ3n) is 7.22. The monoisotopic (exact) mass is 616 g/mol. The number of amides is 2. The number of aliphatic imine (C=N–C) groups is 1. The molecular weight excluding hydrogens is 584 g/mol. The molecule has 0 saturated heterocycles. The average molecular weight is 617 g/mol. The standard InChI is InChI=1S/C31H33ClN6O4Si/c1-19-36-37-30-26(18-28(39)33-15-16-34-31(40)21-7-12-24(13-8-21)43(3,4)41)35-29(20-5-9-22(32)10-6-20)25-17-23(42-2)11-14-27(25)38(19)30/h5-14,17,26,41H,15-16,18H2,1-4H3,(H,33,39)(H,34,40)/t26-/m0/s1. The number of hydrogen-bond donors (Lipinski definition) is 3. The van der Waals surface area contributed by atoms with E-state index < -0.39 is 14.4 Å². The van der Waals surface area contributed by atoms with Crippen molar-refractivity contribution in [1.82, 2.24) is 25.4 Å². The largest absolute Gasteiger partial charge is 0.497 e. The summed E-state index contributed by atoms with van der Waals surface area (Å²) >= 11 is 6.17. The summed E-state index contributed by atoms with van der Waals surface area (Å²) in [5.41, 5.74) is 3.65. The Kier molecular flexibility index (Phi) is 8.76. The highest BCUT2D eigenvalue weighted by Gasteiger charge is 2.30. The Balaban J connectivity index is 1.32. The van der Waals surface area contributed by atoms with Crippen molar-refractivity contribution in [2.45, 2.75) is 32.5 Å².